The number of piperidine rings is 1. The lowest BCUT2D eigenvalue weighted by atomic mass is 9.92. The van der Waals surface area contributed by atoms with Gasteiger partial charge in [-0.25, -0.2) is 4.79 Å². The molecule has 0 spiro atoms. The van der Waals surface area contributed by atoms with Crippen molar-refractivity contribution in [2.24, 2.45) is 11.8 Å². The maximum atomic E-state index is 12.1. The number of carbonyl (C=O) groups is 1. The summed E-state index contributed by atoms with van der Waals surface area (Å²) in [6, 6.07) is 7.54. The number of nitrogens with zero attached hydrogens (tertiary/aromatic N) is 1. The summed E-state index contributed by atoms with van der Waals surface area (Å²) in [5, 5.41) is 15.2. The fourth-order valence-corrected chi connectivity index (χ4v) is 3.71. The Morgan fingerprint density at radius 2 is 1.88 bits per heavy atom. The number of hydrogen-bond acceptors (Lipinski definition) is 3. The minimum atomic E-state index is -0.159. The van der Waals surface area contributed by atoms with E-state index in [4.69, 9.17) is 0 Å². The minimum Gasteiger partial charge on any atom is -0.392 e. The van der Waals surface area contributed by atoms with Gasteiger partial charge in [0.15, 0.2) is 0 Å². The maximum Gasteiger partial charge on any atom is 0.315 e. The van der Waals surface area contributed by atoms with Crippen LogP contribution < -0.4 is 10.6 Å². The summed E-state index contributed by atoms with van der Waals surface area (Å²) in [5.41, 5.74) is 1.80. The molecule has 1 aliphatic rings. The quantitative estimate of drug-likeness (QED) is 0.749. The monoisotopic (exact) mass is 333 g/mol. The van der Waals surface area contributed by atoms with Gasteiger partial charge in [0.25, 0.3) is 0 Å². The van der Waals surface area contributed by atoms with Crippen LogP contribution >= 0.6 is 0 Å². The third-order valence-electron chi connectivity index (χ3n) is 4.58. The first-order valence-corrected chi connectivity index (χ1v) is 8.92. The fraction of sp³-hybridized carbons (Fsp3) is 0.632. The molecule has 1 fully saturated rings. The molecule has 3 atom stereocenters. The molecule has 5 heteroatoms. The standard InChI is InChI=1S/C19H31N3O2/c1-14-8-15(2)11-22(10-14)12-16(3)21-19(24)20-9-17-6-4-5-7-18(17)13-23/h4-7,14-16,23H,8-13H2,1-3H3,(H2,20,21,24). The van der Waals surface area contributed by atoms with E-state index in [1.807, 2.05) is 31.2 Å². The molecular weight excluding hydrogens is 302 g/mol. The van der Waals surface area contributed by atoms with Crippen LogP contribution in [0.1, 0.15) is 38.3 Å². The summed E-state index contributed by atoms with van der Waals surface area (Å²) in [4.78, 5) is 14.5. The summed E-state index contributed by atoms with van der Waals surface area (Å²) in [5.74, 6) is 1.45. The average Bonchev–Trinajstić information content (AvgIpc) is 2.52. The molecule has 5 nitrogen and oxygen atoms in total. The lowest BCUT2D eigenvalue weighted by Gasteiger charge is -2.36. The van der Waals surface area contributed by atoms with Crippen LogP contribution in [0.15, 0.2) is 24.3 Å². The molecule has 134 valence electrons. The van der Waals surface area contributed by atoms with Gasteiger partial charge in [0.2, 0.25) is 0 Å². The highest BCUT2D eigenvalue weighted by Gasteiger charge is 2.23. The van der Waals surface area contributed by atoms with Crippen molar-refractivity contribution in [3.8, 4) is 0 Å². The highest BCUT2D eigenvalue weighted by atomic mass is 16.3. The zero-order chi connectivity index (χ0) is 17.5. The van der Waals surface area contributed by atoms with Crippen LogP contribution in [0.2, 0.25) is 0 Å². The summed E-state index contributed by atoms with van der Waals surface area (Å²) >= 11 is 0. The Morgan fingerprint density at radius 1 is 1.25 bits per heavy atom. The lowest BCUT2D eigenvalue weighted by molar-refractivity contribution is 0.131. The molecule has 1 aliphatic heterocycles. The van der Waals surface area contributed by atoms with Crippen LogP contribution in [0.3, 0.4) is 0 Å². The highest BCUT2D eigenvalue weighted by Crippen LogP contribution is 2.20. The van der Waals surface area contributed by atoms with Gasteiger partial charge in [0.1, 0.15) is 0 Å². The van der Waals surface area contributed by atoms with Gasteiger partial charge in [-0.2, -0.15) is 0 Å². The smallest absolute Gasteiger partial charge is 0.315 e. The minimum absolute atomic E-state index is 0.0127. The molecule has 3 N–H and O–H groups in total. The van der Waals surface area contributed by atoms with E-state index in [1.165, 1.54) is 6.42 Å². The van der Waals surface area contributed by atoms with Crippen molar-refractivity contribution in [2.75, 3.05) is 19.6 Å². The molecule has 3 unspecified atom stereocenters. The van der Waals surface area contributed by atoms with Crippen LogP contribution in [0, 0.1) is 11.8 Å². The maximum absolute atomic E-state index is 12.1. The van der Waals surface area contributed by atoms with Crippen molar-refractivity contribution in [2.45, 2.75) is 46.4 Å². The van der Waals surface area contributed by atoms with E-state index in [1.54, 1.807) is 0 Å². The SMILES string of the molecule is CC1CC(C)CN(CC(C)NC(=O)NCc2ccccc2CO)C1. The second kappa shape index (κ2) is 9.04. The predicted molar refractivity (Wildman–Crippen MR) is 96.6 cm³/mol. The zero-order valence-electron chi connectivity index (χ0n) is 15.1. The van der Waals surface area contributed by atoms with E-state index in [0.29, 0.717) is 6.54 Å². The number of rotatable bonds is 6. The van der Waals surface area contributed by atoms with E-state index < -0.39 is 0 Å². The molecule has 2 rings (SSSR count). The van der Waals surface area contributed by atoms with Gasteiger partial charge in [-0.15, -0.1) is 0 Å². The van der Waals surface area contributed by atoms with Crippen molar-refractivity contribution in [1.29, 1.82) is 0 Å². The van der Waals surface area contributed by atoms with Gasteiger partial charge in [0.05, 0.1) is 6.61 Å². The predicted octanol–water partition coefficient (Wildman–Crippen LogP) is 2.34. The van der Waals surface area contributed by atoms with Crippen LogP contribution in [0.5, 0.6) is 0 Å². The Kier molecular flexibility index (Phi) is 7.06. The molecule has 2 amide bonds. The molecule has 1 aromatic rings. The normalized spacial score (nSPS) is 22.8. The molecule has 0 aliphatic carbocycles. The first kappa shape index (κ1) is 18.7. The number of urea groups is 1. The van der Waals surface area contributed by atoms with Gasteiger partial charge in [-0.05, 0) is 36.3 Å². The van der Waals surface area contributed by atoms with Crippen molar-refractivity contribution >= 4 is 6.03 Å². The third-order valence-corrected chi connectivity index (χ3v) is 4.58. The van der Waals surface area contributed by atoms with E-state index in [2.05, 4.69) is 29.4 Å². The number of aliphatic hydroxyl groups excluding tert-OH is 1. The number of benzene rings is 1. The van der Waals surface area contributed by atoms with E-state index in [9.17, 15) is 9.90 Å². The number of amides is 2. The van der Waals surface area contributed by atoms with Crippen LogP contribution in [-0.4, -0.2) is 41.7 Å². The number of aliphatic hydroxyl groups is 1. The van der Waals surface area contributed by atoms with Crippen LogP contribution in [-0.2, 0) is 13.2 Å². The van der Waals surface area contributed by atoms with Gasteiger partial charge in [0, 0.05) is 32.2 Å². The molecule has 0 radical (unpaired) electrons. The molecule has 24 heavy (non-hydrogen) atoms. The summed E-state index contributed by atoms with van der Waals surface area (Å²) < 4.78 is 0. The molecule has 1 aromatic carbocycles. The van der Waals surface area contributed by atoms with Crippen molar-refractivity contribution in [3.63, 3.8) is 0 Å². The molecule has 0 saturated carbocycles. The molecule has 1 heterocycles. The number of likely N-dealkylation sites (tertiary alicyclic amines) is 1. The molecule has 0 bridgehead atoms. The first-order chi connectivity index (χ1) is 11.5. The second-order valence-electron chi connectivity index (χ2n) is 7.32. The van der Waals surface area contributed by atoms with Crippen molar-refractivity contribution in [1.82, 2.24) is 15.5 Å². The average molecular weight is 333 g/mol. The van der Waals surface area contributed by atoms with Gasteiger partial charge in [-0.3, -0.25) is 0 Å². The summed E-state index contributed by atoms with van der Waals surface area (Å²) in [6.07, 6.45) is 1.29. The van der Waals surface area contributed by atoms with Gasteiger partial charge in [-0.1, -0.05) is 38.1 Å². The summed E-state index contributed by atoms with van der Waals surface area (Å²) in [6.45, 7) is 10.2. The Balaban J connectivity index is 1.75. The van der Waals surface area contributed by atoms with Crippen molar-refractivity contribution in [3.05, 3.63) is 35.4 Å². The van der Waals surface area contributed by atoms with Crippen molar-refractivity contribution < 1.29 is 9.90 Å². The van der Waals surface area contributed by atoms with Crippen LogP contribution in [0.4, 0.5) is 4.79 Å². The first-order valence-electron chi connectivity index (χ1n) is 8.92. The third kappa shape index (κ3) is 5.80. The Bertz CT molecular complexity index is 525. The van der Waals surface area contributed by atoms with E-state index in [-0.39, 0.29) is 18.7 Å². The molecular formula is C19H31N3O2. The zero-order valence-corrected chi connectivity index (χ0v) is 15.1. The summed E-state index contributed by atoms with van der Waals surface area (Å²) in [7, 11) is 0. The number of hydrogen-bond donors (Lipinski definition) is 3. The lowest BCUT2D eigenvalue weighted by Crippen LogP contribution is -2.49. The van der Waals surface area contributed by atoms with Crippen LogP contribution in [0.25, 0.3) is 0 Å². The molecule has 0 aromatic heterocycles. The topological polar surface area (TPSA) is 64.6 Å². The largest absolute Gasteiger partial charge is 0.392 e. The van der Waals surface area contributed by atoms with Gasteiger partial charge < -0.3 is 20.6 Å². The Hall–Kier alpha value is -1.59. The second-order valence-corrected chi connectivity index (χ2v) is 7.32. The number of carbonyl (C=O) groups excluding carboxylic acids is 1. The number of nitrogens with one attached hydrogen (secondary N) is 2. The van der Waals surface area contributed by atoms with E-state index in [0.717, 1.165) is 42.6 Å². The molecule has 1 saturated heterocycles. The Morgan fingerprint density at radius 3 is 2.50 bits per heavy atom. The highest BCUT2D eigenvalue weighted by molar-refractivity contribution is 5.74. The fourth-order valence-electron chi connectivity index (χ4n) is 3.71. The van der Waals surface area contributed by atoms with Gasteiger partial charge >= 0.3 is 6.03 Å². The Labute approximate surface area is 145 Å². The van der Waals surface area contributed by atoms with E-state index >= 15 is 0 Å².